The van der Waals surface area contributed by atoms with Gasteiger partial charge < -0.3 is 14.8 Å². The molecule has 0 amide bonds. The molecule has 4 nitrogen and oxygen atoms in total. The van der Waals surface area contributed by atoms with Gasteiger partial charge in [0.1, 0.15) is 6.04 Å². The maximum Gasteiger partial charge on any atom is 0.322 e. The van der Waals surface area contributed by atoms with Crippen molar-refractivity contribution in [2.75, 3.05) is 13.7 Å². The highest BCUT2D eigenvalue weighted by Crippen LogP contribution is 2.48. The summed E-state index contributed by atoms with van der Waals surface area (Å²) in [6.45, 7) is 7.15. The molecule has 0 aromatic carbocycles. The Balaban J connectivity index is 1.81. The molecule has 1 atom stereocenters. The molecule has 1 N–H and O–H groups in total. The zero-order chi connectivity index (χ0) is 14.1. The van der Waals surface area contributed by atoms with Gasteiger partial charge >= 0.3 is 5.97 Å². The van der Waals surface area contributed by atoms with Gasteiger partial charge in [0.25, 0.3) is 0 Å². The molecule has 1 aliphatic carbocycles. The molecule has 4 heteroatoms. The zero-order valence-corrected chi connectivity index (χ0v) is 12.6. The number of rotatable bonds is 3. The highest BCUT2D eigenvalue weighted by atomic mass is 16.5. The van der Waals surface area contributed by atoms with Crippen molar-refractivity contribution in [3.05, 3.63) is 0 Å². The number of hydrogen-bond acceptors (Lipinski definition) is 4. The second-order valence-electron chi connectivity index (χ2n) is 6.91. The lowest BCUT2D eigenvalue weighted by atomic mass is 9.69. The van der Waals surface area contributed by atoms with Crippen LogP contribution < -0.4 is 5.32 Å². The minimum atomic E-state index is -0.208. The van der Waals surface area contributed by atoms with Crippen molar-refractivity contribution < 1.29 is 14.3 Å². The molecule has 1 unspecified atom stereocenters. The van der Waals surface area contributed by atoms with Crippen LogP contribution in [0.4, 0.5) is 0 Å². The summed E-state index contributed by atoms with van der Waals surface area (Å²) < 4.78 is 10.7. The van der Waals surface area contributed by atoms with Gasteiger partial charge in [-0.2, -0.15) is 0 Å². The van der Waals surface area contributed by atoms with Crippen LogP contribution in [-0.4, -0.2) is 37.4 Å². The van der Waals surface area contributed by atoms with Gasteiger partial charge in [-0.15, -0.1) is 0 Å². The van der Waals surface area contributed by atoms with Gasteiger partial charge in [-0.1, -0.05) is 0 Å². The molecule has 0 aromatic heterocycles. The van der Waals surface area contributed by atoms with Crippen LogP contribution in [0.2, 0.25) is 0 Å². The summed E-state index contributed by atoms with van der Waals surface area (Å²) in [7, 11) is 1.44. The third kappa shape index (κ3) is 3.48. The number of esters is 1. The predicted octanol–water partition coefficient (Wildman–Crippen LogP) is 2.27. The minimum Gasteiger partial charge on any atom is -0.468 e. The van der Waals surface area contributed by atoms with E-state index in [0.29, 0.717) is 11.5 Å². The second kappa shape index (κ2) is 5.41. The lowest BCUT2D eigenvalue weighted by molar-refractivity contribution is -0.143. The van der Waals surface area contributed by atoms with Gasteiger partial charge in [0.2, 0.25) is 0 Å². The van der Waals surface area contributed by atoms with E-state index in [-0.39, 0.29) is 17.6 Å². The number of methoxy groups -OCH3 is 1. The van der Waals surface area contributed by atoms with Crippen molar-refractivity contribution >= 4 is 5.97 Å². The van der Waals surface area contributed by atoms with Crippen LogP contribution in [0.3, 0.4) is 0 Å². The summed E-state index contributed by atoms with van der Waals surface area (Å²) >= 11 is 0. The lowest BCUT2D eigenvalue weighted by Gasteiger charge is -2.37. The molecular formula is C15H27NO3. The summed E-state index contributed by atoms with van der Waals surface area (Å²) in [6.07, 6.45) is 5.81. The van der Waals surface area contributed by atoms with Crippen molar-refractivity contribution in [1.82, 2.24) is 5.32 Å². The molecule has 110 valence electrons. The van der Waals surface area contributed by atoms with Crippen LogP contribution >= 0.6 is 0 Å². The molecular weight excluding hydrogens is 242 g/mol. The number of carbonyl (C=O) groups is 1. The Morgan fingerprint density at radius 1 is 1.37 bits per heavy atom. The van der Waals surface area contributed by atoms with E-state index in [1.54, 1.807) is 0 Å². The predicted molar refractivity (Wildman–Crippen MR) is 74.0 cm³/mol. The van der Waals surface area contributed by atoms with Crippen molar-refractivity contribution in [2.24, 2.45) is 5.41 Å². The topological polar surface area (TPSA) is 47.6 Å². The fraction of sp³-hybridized carbons (Fsp3) is 0.933. The van der Waals surface area contributed by atoms with Crippen LogP contribution in [0.5, 0.6) is 0 Å². The van der Waals surface area contributed by atoms with Crippen molar-refractivity contribution in [2.45, 2.75) is 70.6 Å². The highest BCUT2D eigenvalue weighted by Gasteiger charge is 2.46. The average molecular weight is 269 g/mol. The molecule has 2 aliphatic rings. The van der Waals surface area contributed by atoms with Crippen LogP contribution in [-0.2, 0) is 14.3 Å². The Morgan fingerprint density at radius 2 is 2.00 bits per heavy atom. The van der Waals surface area contributed by atoms with Crippen LogP contribution in [0, 0.1) is 5.41 Å². The number of ether oxygens (including phenoxy) is 2. The van der Waals surface area contributed by atoms with Crippen molar-refractivity contribution in [3.8, 4) is 0 Å². The maximum absolute atomic E-state index is 11.4. The summed E-state index contributed by atoms with van der Waals surface area (Å²) in [5, 5.41) is 3.38. The first-order valence-electron chi connectivity index (χ1n) is 7.34. The van der Waals surface area contributed by atoms with E-state index >= 15 is 0 Å². The van der Waals surface area contributed by atoms with E-state index in [9.17, 15) is 4.79 Å². The van der Waals surface area contributed by atoms with Gasteiger partial charge in [-0.3, -0.25) is 4.79 Å². The van der Waals surface area contributed by atoms with Crippen molar-refractivity contribution in [3.63, 3.8) is 0 Å². The fourth-order valence-corrected chi connectivity index (χ4v) is 3.67. The Kier molecular flexibility index (Phi) is 4.21. The van der Waals surface area contributed by atoms with Gasteiger partial charge in [0, 0.05) is 6.04 Å². The molecule has 19 heavy (non-hydrogen) atoms. The van der Waals surface area contributed by atoms with E-state index < -0.39 is 0 Å². The molecule has 1 aliphatic heterocycles. The average Bonchev–Trinajstić information content (AvgIpc) is 2.67. The normalized spacial score (nSPS) is 35.3. The molecule has 1 saturated carbocycles. The Morgan fingerprint density at radius 3 is 2.47 bits per heavy atom. The van der Waals surface area contributed by atoms with E-state index in [1.165, 1.54) is 26.4 Å². The third-order valence-electron chi connectivity index (χ3n) is 4.66. The van der Waals surface area contributed by atoms with Crippen molar-refractivity contribution in [1.29, 1.82) is 0 Å². The second-order valence-corrected chi connectivity index (χ2v) is 6.91. The zero-order valence-electron chi connectivity index (χ0n) is 12.6. The quantitative estimate of drug-likeness (QED) is 0.798. The van der Waals surface area contributed by atoms with Crippen LogP contribution in [0.25, 0.3) is 0 Å². The summed E-state index contributed by atoms with van der Waals surface area (Å²) in [5.41, 5.74) is 0.426. The largest absolute Gasteiger partial charge is 0.468 e. The number of hydrogen-bond donors (Lipinski definition) is 1. The highest BCUT2D eigenvalue weighted by molar-refractivity contribution is 5.75. The maximum atomic E-state index is 11.4. The van der Waals surface area contributed by atoms with E-state index in [2.05, 4.69) is 19.2 Å². The molecule has 0 radical (unpaired) electrons. The number of carbonyl (C=O) groups excluding carboxylic acids is 1. The summed E-state index contributed by atoms with van der Waals surface area (Å²) in [4.78, 5) is 11.4. The Bertz CT molecular complexity index is 332. The van der Waals surface area contributed by atoms with Gasteiger partial charge in [0.05, 0.1) is 19.3 Å². The minimum absolute atomic E-state index is 0.0412. The van der Waals surface area contributed by atoms with Gasteiger partial charge in [0.15, 0.2) is 0 Å². The molecule has 1 heterocycles. The van der Waals surface area contributed by atoms with Gasteiger partial charge in [-0.05, 0) is 58.3 Å². The fourth-order valence-electron chi connectivity index (χ4n) is 3.67. The smallest absolute Gasteiger partial charge is 0.322 e. The van der Waals surface area contributed by atoms with Crippen LogP contribution in [0.1, 0.15) is 52.9 Å². The Hall–Kier alpha value is -0.610. The SMILES string of the molecule is COC(=O)C(C)NC1CCC2(CC1)COC(C)(C)C2. The summed E-state index contributed by atoms with van der Waals surface area (Å²) in [5.74, 6) is -0.175. The first kappa shape index (κ1) is 14.8. The Labute approximate surface area is 116 Å². The molecule has 2 fully saturated rings. The summed E-state index contributed by atoms with van der Waals surface area (Å²) in [6, 6.07) is 0.226. The standard InChI is InChI=1S/C15H27NO3/c1-11(13(17)18-4)16-12-5-7-15(8-6-12)9-14(2,3)19-10-15/h11-12,16H,5-10H2,1-4H3. The molecule has 0 bridgehead atoms. The van der Waals surface area contributed by atoms with E-state index in [4.69, 9.17) is 9.47 Å². The molecule has 1 saturated heterocycles. The molecule has 1 spiro atoms. The number of nitrogens with one attached hydrogen (secondary N) is 1. The monoisotopic (exact) mass is 269 g/mol. The van der Waals surface area contributed by atoms with E-state index in [0.717, 1.165) is 19.4 Å². The lowest BCUT2D eigenvalue weighted by Crippen LogP contribution is -2.45. The molecule has 2 rings (SSSR count). The first-order chi connectivity index (χ1) is 8.86. The van der Waals surface area contributed by atoms with Crippen LogP contribution in [0.15, 0.2) is 0 Å². The first-order valence-corrected chi connectivity index (χ1v) is 7.34. The molecule has 0 aromatic rings. The van der Waals surface area contributed by atoms with Gasteiger partial charge in [-0.25, -0.2) is 0 Å². The van der Waals surface area contributed by atoms with E-state index in [1.807, 2.05) is 6.92 Å². The third-order valence-corrected chi connectivity index (χ3v) is 4.66.